The van der Waals surface area contributed by atoms with Gasteiger partial charge in [0.1, 0.15) is 5.54 Å². The summed E-state index contributed by atoms with van der Waals surface area (Å²) < 4.78 is 17.2. The molecule has 7 nitrogen and oxygen atoms in total. The molecule has 3 heterocycles. The van der Waals surface area contributed by atoms with Gasteiger partial charge in [-0.3, -0.25) is 9.69 Å². The fourth-order valence-electron chi connectivity index (χ4n) is 6.15. The molecule has 0 bridgehead atoms. The summed E-state index contributed by atoms with van der Waals surface area (Å²) >= 11 is 0. The van der Waals surface area contributed by atoms with Crippen LogP contribution in [0.5, 0.6) is 0 Å². The molecule has 150 valence electrons. The predicted octanol–water partition coefficient (Wildman–Crippen LogP) is 2.14. The van der Waals surface area contributed by atoms with E-state index >= 15 is 0 Å². The number of amides is 3. The molecule has 5 rings (SSSR count). The van der Waals surface area contributed by atoms with Crippen LogP contribution in [0.15, 0.2) is 0 Å². The quantitative estimate of drug-likeness (QED) is 0.689. The monoisotopic (exact) mass is 378 g/mol. The van der Waals surface area contributed by atoms with E-state index in [4.69, 9.17) is 14.2 Å². The number of urea groups is 1. The van der Waals surface area contributed by atoms with Gasteiger partial charge in [-0.15, -0.1) is 0 Å². The predicted molar refractivity (Wildman–Crippen MR) is 95.9 cm³/mol. The lowest BCUT2D eigenvalue weighted by atomic mass is 9.51. The van der Waals surface area contributed by atoms with Gasteiger partial charge in [0, 0.05) is 39.6 Å². The van der Waals surface area contributed by atoms with E-state index in [1.54, 1.807) is 7.05 Å². The van der Waals surface area contributed by atoms with Gasteiger partial charge in [-0.05, 0) is 49.9 Å². The lowest BCUT2D eigenvalue weighted by Crippen LogP contribution is -2.65. The molecule has 3 aliphatic heterocycles. The number of likely N-dealkylation sites (N-methyl/N-ethyl adjacent to an activating group) is 1. The third kappa shape index (κ3) is 2.65. The van der Waals surface area contributed by atoms with E-state index in [9.17, 15) is 9.59 Å². The van der Waals surface area contributed by atoms with Crippen LogP contribution in [-0.4, -0.2) is 73.1 Å². The number of carbonyl (C=O) groups excluding carboxylic acids is 2. The second kappa shape index (κ2) is 6.16. The maximum atomic E-state index is 13.0. The standard InChI is InChI=1S/C20H30N2O5/c1-21-16(23)19(22(17(21)24)12-15-2-8-25-9-3-15)13-18(14-19)4-6-20(7-5-18)26-10-11-27-20/h15H,2-14H2,1H3. The lowest BCUT2D eigenvalue weighted by Gasteiger charge is -2.59. The van der Waals surface area contributed by atoms with Gasteiger partial charge in [0.25, 0.3) is 5.91 Å². The van der Waals surface area contributed by atoms with Crippen molar-refractivity contribution in [2.45, 2.75) is 62.7 Å². The Morgan fingerprint density at radius 1 is 0.963 bits per heavy atom. The molecule has 7 heteroatoms. The summed E-state index contributed by atoms with van der Waals surface area (Å²) in [4.78, 5) is 29.1. The smallest absolute Gasteiger partial charge is 0.327 e. The zero-order chi connectivity index (χ0) is 18.7. The Morgan fingerprint density at radius 3 is 2.22 bits per heavy atom. The first-order chi connectivity index (χ1) is 13.0. The topological polar surface area (TPSA) is 68.3 Å². The number of rotatable bonds is 2. The van der Waals surface area contributed by atoms with E-state index in [1.165, 1.54) is 4.90 Å². The average Bonchev–Trinajstić information content (AvgIpc) is 3.19. The molecule has 2 saturated carbocycles. The number of hydrogen-bond acceptors (Lipinski definition) is 5. The number of nitrogens with zero attached hydrogens (tertiary/aromatic N) is 2. The molecule has 0 aromatic carbocycles. The van der Waals surface area contributed by atoms with Crippen LogP contribution in [-0.2, 0) is 19.0 Å². The SMILES string of the molecule is CN1C(=O)N(CC2CCOCC2)C2(CC3(CCC4(CC3)OCCO4)C2)C1=O. The summed E-state index contributed by atoms with van der Waals surface area (Å²) in [6.07, 6.45) is 7.39. The molecule has 3 amide bonds. The molecule has 0 unspecified atom stereocenters. The van der Waals surface area contributed by atoms with Crippen molar-refractivity contribution < 1.29 is 23.8 Å². The van der Waals surface area contributed by atoms with Gasteiger partial charge < -0.3 is 19.1 Å². The van der Waals surface area contributed by atoms with Crippen molar-refractivity contribution in [2.75, 3.05) is 40.0 Å². The first kappa shape index (κ1) is 17.9. The number of imide groups is 1. The minimum Gasteiger partial charge on any atom is -0.381 e. The highest BCUT2D eigenvalue weighted by molar-refractivity contribution is 6.07. The Bertz CT molecular complexity index is 620. The highest BCUT2D eigenvalue weighted by Gasteiger charge is 2.68. The summed E-state index contributed by atoms with van der Waals surface area (Å²) in [5.41, 5.74) is -0.443. The Balaban J connectivity index is 1.30. The molecule has 5 aliphatic rings. The van der Waals surface area contributed by atoms with Crippen molar-refractivity contribution in [3.63, 3.8) is 0 Å². The summed E-state index contributed by atoms with van der Waals surface area (Å²) in [5, 5.41) is 0. The summed E-state index contributed by atoms with van der Waals surface area (Å²) in [7, 11) is 1.64. The number of hydrogen-bond donors (Lipinski definition) is 0. The molecule has 3 saturated heterocycles. The molecule has 27 heavy (non-hydrogen) atoms. The Hall–Kier alpha value is -1.18. The van der Waals surface area contributed by atoms with E-state index in [1.807, 2.05) is 4.90 Å². The van der Waals surface area contributed by atoms with Gasteiger partial charge in [-0.2, -0.15) is 0 Å². The van der Waals surface area contributed by atoms with E-state index in [2.05, 4.69) is 0 Å². The van der Waals surface area contributed by atoms with Crippen molar-refractivity contribution in [2.24, 2.45) is 11.3 Å². The summed E-state index contributed by atoms with van der Waals surface area (Å²) in [6, 6.07) is -0.115. The van der Waals surface area contributed by atoms with Crippen LogP contribution in [0.4, 0.5) is 4.79 Å². The van der Waals surface area contributed by atoms with Gasteiger partial charge in [0.2, 0.25) is 0 Å². The normalized spacial score (nSPS) is 32.0. The van der Waals surface area contributed by atoms with Crippen molar-refractivity contribution in [1.29, 1.82) is 0 Å². The van der Waals surface area contributed by atoms with Crippen LogP contribution in [0.1, 0.15) is 51.4 Å². The third-order valence-corrected chi connectivity index (χ3v) is 7.74. The highest BCUT2D eigenvalue weighted by Crippen LogP contribution is 2.62. The van der Waals surface area contributed by atoms with Crippen molar-refractivity contribution in [3.8, 4) is 0 Å². The first-order valence-corrected chi connectivity index (χ1v) is 10.4. The molecule has 3 spiro atoms. The van der Waals surface area contributed by atoms with Crippen LogP contribution < -0.4 is 0 Å². The van der Waals surface area contributed by atoms with Crippen LogP contribution in [0, 0.1) is 11.3 Å². The van der Waals surface area contributed by atoms with Gasteiger partial charge in [-0.1, -0.05) is 0 Å². The van der Waals surface area contributed by atoms with Crippen molar-refractivity contribution in [3.05, 3.63) is 0 Å². The second-order valence-electron chi connectivity index (χ2n) is 9.31. The fourth-order valence-corrected chi connectivity index (χ4v) is 6.15. The largest absolute Gasteiger partial charge is 0.381 e. The molecule has 0 N–H and O–H groups in total. The van der Waals surface area contributed by atoms with E-state index in [0.717, 1.165) is 64.6 Å². The molecule has 0 aromatic rings. The van der Waals surface area contributed by atoms with Gasteiger partial charge in [0.05, 0.1) is 13.2 Å². The van der Waals surface area contributed by atoms with E-state index < -0.39 is 5.54 Å². The van der Waals surface area contributed by atoms with Crippen molar-refractivity contribution >= 4 is 11.9 Å². The highest BCUT2D eigenvalue weighted by atomic mass is 16.7. The summed E-state index contributed by atoms with van der Waals surface area (Å²) in [6.45, 7) is 3.58. The molecule has 0 aromatic heterocycles. The number of ether oxygens (including phenoxy) is 3. The van der Waals surface area contributed by atoms with E-state index in [-0.39, 0.29) is 23.1 Å². The van der Waals surface area contributed by atoms with Crippen LogP contribution >= 0.6 is 0 Å². The fraction of sp³-hybridized carbons (Fsp3) is 0.900. The van der Waals surface area contributed by atoms with Crippen LogP contribution in [0.25, 0.3) is 0 Å². The third-order valence-electron chi connectivity index (χ3n) is 7.74. The Morgan fingerprint density at radius 2 is 1.59 bits per heavy atom. The minimum atomic E-state index is -0.605. The second-order valence-corrected chi connectivity index (χ2v) is 9.31. The molecule has 0 radical (unpaired) electrons. The summed E-state index contributed by atoms with van der Waals surface area (Å²) in [5.74, 6) is 0.0615. The van der Waals surface area contributed by atoms with Gasteiger partial charge in [-0.25, -0.2) is 4.79 Å². The first-order valence-electron chi connectivity index (χ1n) is 10.4. The maximum absolute atomic E-state index is 13.0. The maximum Gasteiger partial charge on any atom is 0.327 e. The van der Waals surface area contributed by atoms with Crippen LogP contribution in [0.2, 0.25) is 0 Å². The zero-order valence-corrected chi connectivity index (χ0v) is 16.2. The molecule has 2 aliphatic carbocycles. The van der Waals surface area contributed by atoms with Crippen LogP contribution in [0.3, 0.4) is 0 Å². The van der Waals surface area contributed by atoms with E-state index in [0.29, 0.717) is 25.7 Å². The minimum absolute atomic E-state index is 0.00108. The van der Waals surface area contributed by atoms with Crippen molar-refractivity contribution in [1.82, 2.24) is 9.80 Å². The average molecular weight is 378 g/mol. The lowest BCUT2D eigenvalue weighted by molar-refractivity contribution is -0.210. The Kier molecular flexibility index (Phi) is 4.08. The molecule has 5 fully saturated rings. The molecular formula is C20H30N2O5. The van der Waals surface area contributed by atoms with Gasteiger partial charge in [0.15, 0.2) is 5.79 Å². The molecular weight excluding hydrogens is 348 g/mol. The Labute approximate surface area is 160 Å². The zero-order valence-electron chi connectivity index (χ0n) is 16.2. The molecule has 0 atom stereocenters. The number of carbonyl (C=O) groups is 2. The van der Waals surface area contributed by atoms with Gasteiger partial charge >= 0.3 is 6.03 Å².